The van der Waals surface area contributed by atoms with Gasteiger partial charge in [0.15, 0.2) is 0 Å². The normalized spacial score (nSPS) is 21.9. The molecule has 1 rings (SSSR count). The first kappa shape index (κ1) is 14.3. The predicted molar refractivity (Wildman–Crippen MR) is 70.8 cm³/mol. The smallest absolute Gasteiger partial charge is 0.314 e. The van der Waals surface area contributed by atoms with Crippen LogP contribution in [0.25, 0.3) is 0 Å². The van der Waals surface area contributed by atoms with Crippen molar-refractivity contribution in [1.82, 2.24) is 10.6 Å². The van der Waals surface area contributed by atoms with Gasteiger partial charge in [0.1, 0.15) is 0 Å². The molecule has 0 saturated heterocycles. The topological polar surface area (TPSA) is 67.2 Å². The molecule has 0 radical (unpaired) electrons. The second kappa shape index (κ2) is 6.24. The van der Waals surface area contributed by atoms with Crippen LogP contribution in [-0.2, 0) is 0 Å². The number of carbonyl (C=O) groups is 1. The Hall–Kier alpha value is -0.770. The Balaban J connectivity index is 2.25. The second-order valence-corrected chi connectivity index (χ2v) is 5.91. The molecule has 1 atom stereocenters. The van der Waals surface area contributed by atoms with Crippen LogP contribution in [0.5, 0.6) is 0 Å². The van der Waals surface area contributed by atoms with Gasteiger partial charge in [-0.2, -0.15) is 0 Å². The molecule has 1 unspecified atom stereocenters. The summed E-state index contributed by atoms with van der Waals surface area (Å²) in [5, 5.41) is 5.54. The lowest BCUT2D eigenvalue weighted by atomic mass is 9.71. The first-order valence-corrected chi connectivity index (χ1v) is 6.72. The van der Waals surface area contributed by atoms with Gasteiger partial charge in [0.2, 0.25) is 0 Å². The minimum Gasteiger partial charge on any atom is -0.338 e. The molecule has 0 aromatic rings. The van der Waals surface area contributed by atoms with E-state index in [4.69, 9.17) is 5.73 Å². The fourth-order valence-electron chi connectivity index (χ4n) is 2.45. The minimum atomic E-state index is -0.112. The molecule has 0 aromatic heterocycles. The monoisotopic (exact) mass is 241 g/mol. The number of amides is 2. The van der Waals surface area contributed by atoms with E-state index in [-0.39, 0.29) is 12.1 Å². The first-order valence-electron chi connectivity index (χ1n) is 6.72. The number of nitrogens with one attached hydrogen (secondary N) is 2. The molecule has 0 bridgehead atoms. The van der Waals surface area contributed by atoms with Crippen molar-refractivity contribution in [3.05, 3.63) is 0 Å². The van der Waals surface area contributed by atoms with E-state index in [2.05, 4.69) is 24.5 Å². The van der Waals surface area contributed by atoms with Crippen molar-refractivity contribution in [3.63, 3.8) is 0 Å². The maximum absolute atomic E-state index is 11.3. The number of nitrogens with two attached hydrogens (primary N) is 1. The van der Waals surface area contributed by atoms with Gasteiger partial charge in [-0.3, -0.25) is 0 Å². The van der Waals surface area contributed by atoms with Gasteiger partial charge < -0.3 is 16.4 Å². The maximum atomic E-state index is 11.3. The zero-order chi connectivity index (χ0) is 12.9. The summed E-state index contributed by atoms with van der Waals surface area (Å²) in [6.45, 7) is 7.78. The lowest BCUT2D eigenvalue weighted by molar-refractivity contribution is 0.171. The minimum absolute atomic E-state index is 0.0914. The molecular formula is C13H27N3O. The van der Waals surface area contributed by atoms with E-state index < -0.39 is 0 Å². The van der Waals surface area contributed by atoms with Crippen molar-refractivity contribution in [1.29, 1.82) is 0 Å². The average Bonchev–Trinajstić information content (AvgIpc) is 2.26. The Morgan fingerprint density at radius 3 is 2.47 bits per heavy atom. The summed E-state index contributed by atoms with van der Waals surface area (Å²) in [5.74, 6) is 0.560. The standard InChI is InChI=1S/C13H27N3O/c1-4-15-12(17)16-9-11(14)10-5-7-13(2,3)8-6-10/h10-11H,4-9,14H2,1-3H3,(H2,15,16,17). The highest BCUT2D eigenvalue weighted by atomic mass is 16.2. The second-order valence-electron chi connectivity index (χ2n) is 5.91. The fraction of sp³-hybridized carbons (Fsp3) is 0.923. The number of urea groups is 1. The molecule has 1 fully saturated rings. The Morgan fingerprint density at radius 2 is 1.94 bits per heavy atom. The highest BCUT2D eigenvalue weighted by Crippen LogP contribution is 2.38. The van der Waals surface area contributed by atoms with Crippen molar-refractivity contribution in [3.8, 4) is 0 Å². The molecule has 100 valence electrons. The van der Waals surface area contributed by atoms with E-state index in [1.54, 1.807) is 0 Å². The zero-order valence-corrected chi connectivity index (χ0v) is 11.4. The van der Waals surface area contributed by atoms with Crippen molar-refractivity contribution < 1.29 is 4.79 Å². The molecule has 4 heteroatoms. The fourth-order valence-corrected chi connectivity index (χ4v) is 2.45. The van der Waals surface area contributed by atoms with E-state index in [1.165, 1.54) is 25.7 Å². The Morgan fingerprint density at radius 1 is 1.35 bits per heavy atom. The molecule has 1 aliphatic rings. The van der Waals surface area contributed by atoms with Gasteiger partial charge in [-0.25, -0.2) is 4.79 Å². The maximum Gasteiger partial charge on any atom is 0.314 e. The Kier molecular flexibility index (Phi) is 5.25. The highest BCUT2D eigenvalue weighted by molar-refractivity contribution is 5.73. The van der Waals surface area contributed by atoms with Gasteiger partial charge in [-0.1, -0.05) is 13.8 Å². The van der Waals surface area contributed by atoms with E-state index in [9.17, 15) is 4.79 Å². The summed E-state index contributed by atoms with van der Waals surface area (Å²) < 4.78 is 0. The van der Waals surface area contributed by atoms with Gasteiger partial charge >= 0.3 is 6.03 Å². The van der Waals surface area contributed by atoms with Crippen LogP contribution in [0, 0.1) is 11.3 Å². The number of carbonyl (C=O) groups excluding carboxylic acids is 1. The zero-order valence-electron chi connectivity index (χ0n) is 11.4. The molecule has 1 aliphatic carbocycles. The van der Waals surface area contributed by atoms with Crippen LogP contribution < -0.4 is 16.4 Å². The third-order valence-electron chi connectivity index (χ3n) is 3.82. The molecule has 4 nitrogen and oxygen atoms in total. The van der Waals surface area contributed by atoms with E-state index in [0.717, 1.165) is 0 Å². The van der Waals surface area contributed by atoms with Gasteiger partial charge in [0.25, 0.3) is 0 Å². The predicted octanol–water partition coefficient (Wildman–Crippen LogP) is 1.85. The van der Waals surface area contributed by atoms with Crippen LogP contribution in [0.15, 0.2) is 0 Å². The van der Waals surface area contributed by atoms with Crippen molar-refractivity contribution in [2.24, 2.45) is 17.1 Å². The van der Waals surface area contributed by atoms with Crippen LogP contribution in [0.1, 0.15) is 46.5 Å². The number of hydrogen-bond donors (Lipinski definition) is 3. The summed E-state index contributed by atoms with van der Waals surface area (Å²) in [6.07, 6.45) is 4.86. The lowest BCUT2D eigenvalue weighted by Crippen LogP contribution is -2.46. The van der Waals surface area contributed by atoms with E-state index in [0.29, 0.717) is 24.4 Å². The summed E-state index contributed by atoms with van der Waals surface area (Å²) in [6, 6.07) is -0.0206. The largest absolute Gasteiger partial charge is 0.338 e. The molecule has 0 aliphatic heterocycles. The van der Waals surface area contributed by atoms with Crippen molar-refractivity contribution in [2.45, 2.75) is 52.5 Å². The molecule has 0 aromatic carbocycles. The van der Waals surface area contributed by atoms with Crippen LogP contribution in [0.3, 0.4) is 0 Å². The number of rotatable bonds is 4. The number of hydrogen-bond acceptors (Lipinski definition) is 2. The Bertz CT molecular complexity index is 243. The van der Waals surface area contributed by atoms with Gasteiger partial charge in [-0.05, 0) is 43.9 Å². The van der Waals surface area contributed by atoms with Crippen molar-refractivity contribution in [2.75, 3.05) is 13.1 Å². The van der Waals surface area contributed by atoms with Crippen LogP contribution in [0.4, 0.5) is 4.79 Å². The molecule has 0 spiro atoms. The van der Waals surface area contributed by atoms with Gasteiger partial charge in [0, 0.05) is 19.1 Å². The summed E-state index contributed by atoms with van der Waals surface area (Å²) >= 11 is 0. The molecule has 17 heavy (non-hydrogen) atoms. The van der Waals surface area contributed by atoms with Gasteiger partial charge in [0.05, 0.1) is 0 Å². The van der Waals surface area contributed by atoms with Crippen LogP contribution >= 0.6 is 0 Å². The van der Waals surface area contributed by atoms with Crippen LogP contribution in [0.2, 0.25) is 0 Å². The van der Waals surface area contributed by atoms with Crippen molar-refractivity contribution >= 4 is 6.03 Å². The third kappa shape index (κ3) is 4.94. The lowest BCUT2D eigenvalue weighted by Gasteiger charge is -2.36. The molecule has 4 N–H and O–H groups in total. The first-order chi connectivity index (χ1) is 7.94. The summed E-state index contributed by atoms with van der Waals surface area (Å²) in [7, 11) is 0. The summed E-state index contributed by atoms with van der Waals surface area (Å²) in [4.78, 5) is 11.3. The SMILES string of the molecule is CCNC(=O)NCC(N)C1CCC(C)(C)CC1. The molecular weight excluding hydrogens is 214 g/mol. The highest BCUT2D eigenvalue weighted by Gasteiger charge is 2.29. The molecule has 1 saturated carbocycles. The quantitative estimate of drug-likeness (QED) is 0.703. The van der Waals surface area contributed by atoms with Gasteiger partial charge in [-0.15, -0.1) is 0 Å². The molecule has 2 amide bonds. The summed E-state index contributed by atoms with van der Waals surface area (Å²) in [5.41, 5.74) is 6.61. The Labute approximate surface area is 105 Å². The average molecular weight is 241 g/mol. The van der Waals surface area contributed by atoms with E-state index in [1.807, 2.05) is 6.92 Å². The van der Waals surface area contributed by atoms with Crippen LogP contribution in [-0.4, -0.2) is 25.2 Å². The van der Waals surface area contributed by atoms with E-state index >= 15 is 0 Å². The third-order valence-corrected chi connectivity index (χ3v) is 3.82. The molecule has 0 heterocycles.